The Hall–Kier alpha value is -1.60. The van der Waals surface area contributed by atoms with Crippen molar-refractivity contribution < 1.29 is 5.11 Å². The number of hydrogen-bond acceptors (Lipinski definition) is 1. The maximum Gasteiger partial charge on any atom is 0.0642 e. The highest BCUT2D eigenvalue weighted by Gasteiger charge is 2.45. The molecule has 1 aliphatic carbocycles. The van der Waals surface area contributed by atoms with Crippen LogP contribution in [-0.2, 0) is 0 Å². The van der Waals surface area contributed by atoms with E-state index >= 15 is 0 Å². The first-order chi connectivity index (χ1) is 9.81. The molecule has 0 aromatic heterocycles. The molecule has 1 nitrogen and oxygen atoms in total. The van der Waals surface area contributed by atoms with Gasteiger partial charge in [0.25, 0.3) is 0 Å². The molecule has 4 unspecified atom stereocenters. The van der Waals surface area contributed by atoms with Gasteiger partial charge in [-0.15, -0.1) is 0 Å². The average Bonchev–Trinajstić information content (AvgIpc) is 3.30. The molecule has 104 valence electrons. The third kappa shape index (κ3) is 2.64. The maximum atomic E-state index is 10.7. The first-order valence-electron chi connectivity index (χ1n) is 7.59. The molecule has 1 aliphatic rings. The summed E-state index contributed by atoms with van der Waals surface area (Å²) in [5.41, 5.74) is 2.64. The Balaban J connectivity index is 1.72. The van der Waals surface area contributed by atoms with Crippen LogP contribution in [0.3, 0.4) is 0 Å². The lowest BCUT2D eigenvalue weighted by Crippen LogP contribution is -2.21. The van der Waals surface area contributed by atoms with E-state index in [9.17, 15) is 5.11 Å². The molecular formula is C19H22O. The molecule has 1 N–H and O–H groups in total. The third-order valence-electron chi connectivity index (χ3n) is 4.59. The average molecular weight is 266 g/mol. The summed E-state index contributed by atoms with van der Waals surface area (Å²) in [5, 5.41) is 10.7. The third-order valence-corrected chi connectivity index (χ3v) is 4.59. The summed E-state index contributed by atoms with van der Waals surface area (Å²) in [6.07, 6.45) is 1.88. The molecule has 0 heterocycles. The molecule has 4 atom stereocenters. The van der Waals surface area contributed by atoms with Crippen LogP contribution in [0.1, 0.15) is 42.7 Å². The lowest BCUT2D eigenvalue weighted by molar-refractivity contribution is 0.116. The Morgan fingerprint density at radius 3 is 2.20 bits per heavy atom. The summed E-state index contributed by atoms with van der Waals surface area (Å²) >= 11 is 0. The standard InChI is InChI=1S/C19H22O/c1-2-16(14-9-5-3-6-10-14)19(20)18-13-17(18)15-11-7-4-8-12-15/h3-12,16-20H,2,13H2,1H3. The quantitative estimate of drug-likeness (QED) is 0.853. The highest BCUT2D eigenvalue weighted by atomic mass is 16.3. The van der Waals surface area contributed by atoms with E-state index < -0.39 is 0 Å². The highest BCUT2D eigenvalue weighted by Crippen LogP contribution is 2.52. The Labute approximate surface area is 121 Å². The minimum Gasteiger partial charge on any atom is -0.392 e. The van der Waals surface area contributed by atoms with Gasteiger partial charge in [-0.3, -0.25) is 0 Å². The smallest absolute Gasteiger partial charge is 0.0642 e. The van der Waals surface area contributed by atoms with Gasteiger partial charge in [-0.2, -0.15) is 0 Å². The predicted octanol–water partition coefficient (Wildman–Crippen LogP) is 4.34. The molecule has 0 bridgehead atoms. The SMILES string of the molecule is CCC(c1ccccc1)C(O)C1CC1c1ccccc1. The zero-order valence-electron chi connectivity index (χ0n) is 11.9. The number of benzene rings is 2. The number of rotatable bonds is 5. The van der Waals surface area contributed by atoms with Crippen LogP contribution in [-0.4, -0.2) is 11.2 Å². The summed E-state index contributed by atoms with van der Waals surface area (Å²) in [5.74, 6) is 1.22. The van der Waals surface area contributed by atoms with Gasteiger partial charge < -0.3 is 5.11 Å². The van der Waals surface area contributed by atoms with E-state index in [0.29, 0.717) is 11.8 Å². The van der Waals surface area contributed by atoms with Crippen molar-refractivity contribution in [2.24, 2.45) is 5.92 Å². The van der Waals surface area contributed by atoms with Gasteiger partial charge in [0.05, 0.1) is 6.10 Å². The van der Waals surface area contributed by atoms with E-state index in [2.05, 4.69) is 61.5 Å². The minimum atomic E-state index is -0.229. The van der Waals surface area contributed by atoms with Gasteiger partial charge in [0.15, 0.2) is 0 Å². The molecule has 3 rings (SSSR count). The van der Waals surface area contributed by atoms with E-state index in [-0.39, 0.29) is 12.0 Å². The molecule has 20 heavy (non-hydrogen) atoms. The van der Waals surface area contributed by atoms with E-state index in [0.717, 1.165) is 12.8 Å². The van der Waals surface area contributed by atoms with Crippen LogP contribution in [0.2, 0.25) is 0 Å². The van der Waals surface area contributed by atoms with E-state index in [1.54, 1.807) is 0 Å². The fraction of sp³-hybridized carbons (Fsp3) is 0.368. The van der Waals surface area contributed by atoms with E-state index in [1.165, 1.54) is 11.1 Å². The zero-order valence-corrected chi connectivity index (χ0v) is 11.9. The molecule has 0 saturated heterocycles. The summed E-state index contributed by atoms with van der Waals surface area (Å²) in [6, 6.07) is 21.0. The van der Waals surface area contributed by atoms with Crippen molar-refractivity contribution in [3.63, 3.8) is 0 Å². The van der Waals surface area contributed by atoms with Gasteiger partial charge in [-0.25, -0.2) is 0 Å². The van der Waals surface area contributed by atoms with Crippen LogP contribution in [0.5, 0.6) is 0 Å². The first kappa shape index (κ1) is 13.4. The van der Waals surface area contributed by atoms with Gasteiger partial charge >= 0.3 is 0 Å². The van der Waals surface area contributed by atoms with Crippen molar-refractivity contribution in [3.8, 4) is 0 Å². The highest BCUT2D eigenvalue weighted by molar-refractivity contribution is 5.28. The van der Waals surface area contributed by atoms with Crippen LogP contribution in [0.15, 0.2) is 60.7 Å². The lowest BCUT2D eigenvalue weighted by atomic mass is 9.87. The van der Waals surface area contributed by atoms with Crippen LogP contribution < -0.4 is 0 Å². The molecule has 0 spiro atoms. The summed E-state index contributed by atoms with van der Waals surface area (Å²) in [7, 11) is 0. The monoisotopic (exact) mass is 266 g/mol. The van der Waals surface area contributed by atoms with Crippen molar-refractivity contribution in [1.29, 1.82) is 0 Å². The van der Waals surface area contributed by atoms with Crippen LogP contribution >= 0.6 is 0 Å². The molecule has 1 heteroatoms. The number of aliphatic hydroxyl groups excluding tert-OH is 1. The molecular weight excluding hydrogens is 244 g/mol. The molecule has 0 radical (unpaired) electrons. The second-order valence-corrected chi connectivity index (χ2v) is 5.83. The number of aliphatic hydroxyl groups is 1. The molecule has 1 saturated carbocycles. The van der Waals surface area contributed by atoms with Gasteiger partial charge in [0, 0.05) is 5.92 Å². The maximum absolute atomic E-state index is 10.7. The Bertz CT molecular complexity index is 534. The van der Waals surface area contributed by atoms with Crippen molar-refractivity contribution in [2.45, 2.75) is 37.7 Å². The van der Waals surface area contributed by atoms with Crippen LogP contribution in [0.25, 0.3) is 0 Å². The van der Waals surface area contributed by atoms with Gasteiger partial charge in [0.1, 0.15) is 0 Å². The largest absolute Gasteiger partial charge is 0.392 e. The van der Waals surface area contributed by atoms with Crippen LogP contribution in [0, 0.1) is 5.92 Å². The number of hydrogen-bond donors (Lipinski definition) is 1. The predicted molar refractivity (Wildman–Crippen MR) is 82.8 cm³/mol. The van der Waals surface area contributed by atoms with Crippen molar-refractivity contribution in [2.75, 3.05) is 0 Å². The summed E-state index contributed by atoms with van der Waals surface area (Å²) in [4.78, 5) is 0. The van der Waals surface area contributed by atoms with Crippen molar-refractivity contribution >= 4 is 0 Å². The van der Waals surface area contributed by atoms with Gasteiger partial charge in [-0.05, 0) is 35.8 Å². The second-order valence-electron chi connectivity index (χ2n) is 5.83. The molecule has 2 aromatic rings. The normalized spacial score (nSPS) is 24.1. The zero-order chi connectivity index (χ0) is 13.9. The van der Waals surface area contributed by atoms with E-state index in [4.69, 9.17) is 0 Å². The van der Waals surface area contributed by atoms with Gasteiger partial charge in [0.2, 0.25) is 0 Å². The second kappa shape index (κ2) is 5.80. The molecule has 1 fully saturated rings. The lowest BCUT2D eigenvalue weighted by Gasteiger charge is -2.22. The Morgan fingerprint density at radius 2 is 1.60 bits per heavy atom. The topological polar surface area (TPSA) is 20.2 Å². The first-order valence-corrected chi connectivity index (χ1v) is 7.59. The fourth-order valence-electron chi connectivity index (χ4n) is 3.35. The van der Waals surface area contributed by atoms with Crippen molar-refractivity contribution in [3.05, 3.63) is 71.8 Å². The summed E-state index contributed by atoms with van der Waals surface area (Å²) in [6.45, 7) is 2.17. The fourth-order valence-corrected chi connectivity index (χ4v) is 3.35. The van der Waals surface area contributed by atoms with Crippen molar-refractivity contribution in [1.82, 2.24) is 0 Å². The summed E-state index contributed by atoms with van der Waals surface area (Å²) < 4.78 is 0. The minimum absolute atomic E-state index is 0.229. The molecule has 0 amide bonds. The molecule has 0 aliphatic heterocycles. The van der Waals surface area contributed by atoms with Gasteiger partial charge in [-0.1, -0.05) is 67.6 Å². The van der Waals surface area contributed by atoms with E-state index in [1.807, 2.05) is 6.07 Å². The Morgan fingerprint density at radius 1 is 1.00 bits per heavy atom. The Kier molecular flexibility index (Phi) is 3.88. The molecule has 2 aromatic carbocycles. The van der Waals surface area contributed by atoms with Crippen LogP contribution in [0.4, 0.5) is 0 Å².